The molecule has 1 amide bonds. The molecule has 1 fully saturated rings. The highest BCUT2D eigenvalue weighted by molar-refractivity contribution is 5.95. The molecule has 2 aliphatic rings. The van der Waals surface area contributed by atoms with Gasteiger partial charge in [0.15, 0.2) is 11.5 Å². The fraction of sp³-hybridized carbons (Fsp3) is 0.421. The summed E-state index contributed by atoms with van der Waals surface area (Å²) in [6.07, 6.45) is 5.20. The minimum absolute atomic E-state index is 0.0317. The summed E-state index contributed by atoms with van der Waals surface area (Å²) in [5.41, 5.74) is 0.769. The van der Waals surface area contributed by atoms with Crippen molar-refractivity contribution in [3.05, 3.63) is 41.7 Å². The molecule has 2 aliphatic heterocycles. The number of carboxylic acid groups (broad SMARTS) is 1. The number of nitrogens with zero attached hydrogens (tertiary/aromatic N) is 3. The second kappa shape index (κ2) is 7.30. The molecule has 2 aromatic rings. The van der Waals surface area contributed by atoms with Crippen molar-refractivity contribution in [1.82, 2.24) is 14.7 Å². The molecule has 3 heterocycles. The molecular formula is C19H21N3O5. The SMILES string of the molecule is O=C(O)c1cnn(C2CCN(C(=O)c3ccc4c(c3)OCCCO4)CC2)c1. The van der Waals surface area contributed by atoms with Crippen LogP contribution in [0.4, 0.5) is 0 Å². The zero-order valence-corrected chi connectivity index (χ0v) is 14.8. The summed E-state index contributed by atoms with van der Waals surface area (Å²) >= 11 is 0. The van der Waals surface area contributed by atoms with E-state index in [9.17, 15) is 9.59 Å². The Morgan fingerprint density at radius 2 is 1.81 bits per heavy atom. The standard InChI is InChI=1S/C19H21N3O5/c23-18(13-2-3-16-17(10-13)27-9-1-8-26-16)21-6-4-15(5-7-21)22-12-14(11-20-22)19(24)25/h2-3,10-12,15H,1,4-9H2,(H,24,25). The van der Waals surface area contributed by atoms with Gasteiger partial charge in [0.2, 0.25) is 0 Å². The molecule has 0 unspecified atom stereocenters. The Morgan fingerprint density at radius 3 is 2.52 bits per heavy atom. The quantitative estimate of drug-likeness (QED) is 0.889. The number of hydrogen-bond donors (Lipinski definition) is 1. The lowest BCUT2D eigenvalue weighted by Gasteiger charge is -2.32. The lowest BCUT2D eigenvalue weighted by Crippen LogP contribution is -2.39. The Morgan fingerprint density at radius 1 is 1.07 bits per heavy atom. The fourth-order valence-electron chi connectivity index (χ4n) is 3.46. The summed E-state index contributed by atoms with van der Waals surface area (Å²) < 4.78 is 13.0. The first kappa shape index (κ1) is 17.4. The summed E-state index contributed by atoms with van der Waals surface area (Å²) in [5, 5.41) is 13.2. The van der Waals surface area contributed by atoms with Crippen molar-refractivity contribution in [3.8, 4) is 11.5 Å². The summed E-state index contributed by atoms with van der Waals surface area (Å²) in [7, 11) is 0. The molecule has 0 aliphatic carbocycles. The first-order valence-corrected chi connectivity index (χ1v) is 9.08. The van der Waals surface area contributed by atoms with E-state index < -0.39 is 5.97 Å². The van der Waals surface area contributed by atoms with Crippen molar-refractivity contribution in [1.29, 1.82) is 0 Å². The van der Waals surface area contributed by atoms with Crippen molar-refractivity contribution in [2.45, 2.75) is 25.3 Å². The largest absolute Gasteiger partial charge is 0.490 e. The minimum Gasteiger partial charge on any atom is -0.490 e. The van der Waals surface area contributed by atoms with E-state index in [-0.39, 0.29) is 17.5 Å². The molecule has 4 rings (SSSR count). The molecule has 1 saturated heterocycles. The highest BCUT2D eigenvalue weighted by Crippen LogP contribution is 2.31. The van der Waals surface area contributed by atoms with Crippen LogP contribution in [0.25, 0.3) is 0 Å². The molecule has 1 aromatic heterocycles. The zero-order chi connectivity index (χ0) is 18.8. The normalized spacial score (nSPS) is 17.4. The maximum absolute atomic E-state index is 12.8. The molecule has 1 aromatic carbocycles. The molecule has 0 spiro atoms. The van der Waals surface area contributed by atoms with E-state index in [0.717, 1.165) is 19.3 Å². The Balaban J connectivity index is 1.41. The number of likely N-dealkylation sites (tertiary alicyclic amines) is 1. The van der Waals surface area contributed by atoms with E-state index >= 15 is 0 Å². The number of hydrogen-bond acceptors (Lipinski definition) is 5. The summed E-state index contributed by atoms with van der Waals surface area (Å²) in [4.78, 5) is 25.6. The van der Waals surface area contributed by atoms with E-state index in [1.807, 2.05) is 4.90 Å². The average Bonchev–Trinajstić information content (AvgIpc) is 3.07. The van der Waals surface area contributed by atoms with Crippen molar-refractivity contribution in [2.75, 3.05) is 26.3 Å². The van der Waals surface area contributed by atoms with Crippen LogP contribution in [0.3, 0.4) is 0 Å². The maximum atomic E-state index is 12.8. The van der Waals surface area contributed by atoms with Crippen LogP contribution >= 0.6 is 0 Å². The second-order valence-corrected chi connectivity index (χ2v) is 6.75. The zero-order valence-electron chi connectivity index (χ0n) is 14.8. The first-order valence-electron chi connectivity index (χ1n) is 9.08. The Bertz CT molecular complexity index is 855. The van der Waals surface area contributed by atoms with Crippen LogP contribution in [0.1, 0.15) is 46.0 Å². The molecule has 8 nitrogen and oxygen atoms in total. The number of carbonyl (C=O) groups is 2. The molecule has 1 N–H and O–H groups in total. The van der Waals surface area contributed by atoms with Crippen molar-refractivity contribution in [3.63, 3.8) is 0 Å². The van der Waals surface area contributed by atoms with Crippen LogP contribution in [0.2, 0.25) is 0 Å². The summed E-state index contributed by atoms with van der Waals surface area (Å²) in [5.74, 6) is 0.278. The highest BCUT2D eigenvalue weighted by atomic mass is 16.5. The number of fused-ring (bicyclic) bond motifs is 1. The number of rotatable bonds is 3. The third-order valence-corrected chi connectivity index (χ3v) is 4.97. The van der Waals surface area contributed by atoms with Gasteiger partial charge in [-0.25, -0.2) is 4.79 Å². The van der Waals surface area contributed by atoms with Crippen molar-refractivity contribution < 1.29 is 24.2 Å². The molecule has 8 heteroatoms. The number of aromatic carboxylic acids is 1. The van der Waals surface area contributed by atoms with Gasteiger partial charge in [0.1, 0.15) is 0 Å². The van der Waals surface area contributed by atoms with E-state index in [0.29, 0.717) is 43.4 Å². The van der Waals surface area contributed by atoms with Crippen LogP contribution in [0.15, 0.2) is 30.6 Å². The van der Waals surface area contributed by atoms with E-state index in [4.69, 9.17) is 14.6 Å². The highest BCUT2D eigenvalue weighted by Gasteiger charge is 2.26. The smallest absolute Gasteiger partial charge is 0.338 e. The number of ether oxygens (including phenoxy) is 2. The van der Waals surface area contributed by atoms with Crippen LogP contribution < -0.4 is 9.47 Å². The van der Waals surface area contributed by atoms with Gasteiger partial charge < -0.3 is 19.5 Å². The second-order valence-electron chi connectivity index (χ2n) is 6.75. The lowest BCUT2D eigenvalue weighted by atomic mass is 10.0. The molecule has 0 radical (unpaired) electrons. The van der Waals surface area contributed by atoms with Gasteiger partial charge in [0.05, 0.1) is 31.0 Å². The molecular weight excluding hydrogens is 350 g/mol. The van der Waals surface area contributed by atoms with E-state index in [1.165, 1.54) is 6.20 Å². The number of carboxylic acids is 1. The summed E-state index contributed by atoms with van der Waals surface area (Å²) in [6, 6.07) is 5.42. The van der Waals surface area contributed by atoms with Gasteiger partial charge in [-0.1, -0.05) is 0 Å². The van der Waals surface area contributed by atoms with Gasteiger partial charge >= 0.3 is 5.97 Å². The van der Waals surface area contributed by atoms with Gasteiger partial charge in [0, 0.05) is 31.3 Å². The minimum atomic E-state index is -0.983. The van der Waals surface area contributed by atoms with E-state index in [2.05, 4.69) is 5.10 Å². The van der Waals surface area contributed by atoms with Gasteiger partial charge in [-0.05, 0) is 31.0 Å². The maximum Gasteiger partial charge on any atom is 0.338 e. The van der Waals surface area contributed by atoms with Crippen LogP contribution in [-0.4, -0.2) is 58.0 Å². The summed E-state index contributed by atoms with van der Waals surface area (Å²) in [6.45, 7) is 2.39. The van der Waals surface area contributed by atoms with Crippen LogP contribution in [0, 0.1) is 0 Å². The van der Waals surface area contributed by atoms with Gasteiger partial charge in [-0.3, -0.25) is 9.48 Å². The number of aromatic nitrogens is 2. The van der Waals surface area contributed by atoms with Gasteiger partial charge in [-0.15, -0.1) is 0 Å². The molecule has 142 valence electrons. The Kier molecular flexibility index (Phi) is 4.70. The van der Waals surface area contributed by atoms with Gasteiger partial charge in [0.25, 0.3) is 5.91 Å². The molecule has 0 atom stereocenters. The lowest BCUT2D eigenvalue weighted by molar-refractivity contribution is 0.0688. The van der Waals surface area contributed by atoms with Gasteiger partial charge in [-0.2, -0.15) is 5.10 Å². The predicted octanol–water partition coefficient (Wildman–Crippen LogP) is 2.22. The number of amides is 1. The monoisotopic (exact) mass is 371 g/mol. The molecule has 0 bridgehead atoms. The fourth-order valence-corrected chi connectivity index (χ4v) is 3.46. The Hall–Kier alpha value is -3.03. The predicted molar refractivity (Wildman–Crippen MR) is 95.4 cm³/mol. The molecule has 27 heavy (non-hydrogen) atoms. The van der Waals surface area contributed by atoms with Crippen LogP contribution in [0.5, 0.6) is 11.5 Å². The number of carbonyl (C=O) groups excluding carboxylic acids is 1. The molecule has 0 saturated carbocycles. The number of piperidine rings is 1. The topological polar surface area (TPSA) is 93.9 Å². The van der Waals surface area contributed by atoms with Crippen LogP contribution in [-0.2, 0) is 0 Å². The average molecular weight is 371 g/mol. The van der Waals surface area contributed by atoms with Crippen molar-refractivity contribution in [2.24, 2.45) is 0 Å². The Labute approximate surface area is 156 Å². The number of benzene rings is 1. The van der Waals surface area contributed by atoms with E-state index in [1.54, 1.807) is 29.1 Å². The third-order valence-electron chi connectivity index (χ3n) is 4.97. The third kappa shape index (κ3) is 3.60. The van der Waals surface area contributed by atoms with Crippen molar-refractivity contribution >= 4 is 11.9 Å². The first-order chi connectivity index (χ1) is 13.1.